The predicted molar refractivity (Wildman–Crippen MR) is 210 cm³/mol. The molecule has 0 amide bonds. The fraction of sp³-hybridized carbons (Fsp3) is 0. The SMILES string of the molecule is N#Cc1cc(-n2c3ccccc3c3c4c5ccccc5n(-c5ccccc5)c4ccc32)ccc1-c1nc(-c2ccccc2)nc(-c2ccccc2)n1. The lowest BCUT2D eigenvalue weighted by Crippen LogP contribution is -2.02. The van der Waals surface area contributed by atoms with Crippen LogP contribution in [0.3, 0.4) is 0 Å². The summed E-state index contributed by atoms with van der Waals surface area (Å²) in [5.74, 6) is 1.56. The maximum atomic E-state index is 10.6. The van der Waals surface area contributed by atoms with Gasteiger partial charge in [-0.15, -0.1) is 0 Å². The van der Waals surface area contributed by atoms with Crippen molar-refractivity contribution in [1.29, 1.82) is 5.26 Å². The molecule has 7 aromatic carbocycles. The van der Waals surface area contributed by atoms with Gasteiger partial charge in [0.15, 0.2) is 17.5 Å². The molecule has 0 saturated carbocycles. The molecule has 0 spiro atoms. The maximum Gasteiger partial charge on any atom is 0.165 e. The van der Waals surface area contributed by atoms with Crippen molar-refractivity contribution in [2.24, 2.45) is 0 Å². The summed E-state index contributed by atoms with van der Waals surface area (Å²) < 4.78 is 4.61. The van der Waals surface area contributed by atoms with E-state index in [0.29, 0.717) is 28.6 Å². The number of fused-ring (bicyclic) bond motifs is 7. The average Bonchev–Trinajstić information content (AvgIpc) is 3.74. The lowest BCUT2D eigenvalue weighted by molar-refractivity contribution is 1.07. The Kier molecular flexibility index (Phi) is 6.76. The van der Waals surface area contributed by atoms with E-state index in [-0.39, 0.29) is 0 Å². The van der Waals surface area contributed by atoms with Crippen LogP contribution >= 0.6 is 0 Å². The molecule has 0 N–H and O–H groups in total. The molecule has 6 nitrogen and oxygen atoms in total. The minimum Gasteiger partial charge on any atom is -0.309 e. The topological polar surface area (TPSA) is 72.3 Å². The molecule has 10 rings (SSSR count). The number of para-hydroxylation sites is 3. The van der Waals surface area contributed by atoms with E-state index in [1.54, 1.807) is 0 Å². The van der Waals surface area contributed by atoms with Gasteiger partial charge in [-0.1, -0.05) is 115 Å². The Morgan fingerprint density at radius 1 is 0.404 bits per heavy atom. The Morgan fingerprint density at radius 3 is 1.40 bits per heavy atom. The highest BCUT2D eigenvalue weighted by Crippen LogP contribution is 2.42. The first-order chi connectivity index (χ1) is 25.8. The molecule has 0 aliphatic rings. The summed E-state index contributed by atoms with van der Waals surface area (Å²) in [6.07, 6.45) is 0. The van der Waals surface area contributed by atoms with Crippen LogP contribution in [-0.2, 0) is 0 Å². The number of nitrogens with zero attached hydrogens (tertiary/aromatic N) is 6. The molecule has 52 heavy (non-hydrogen) atoms. The molecule has 0 aliphatic heterocycles. The van der Waals surface area contributed by atoms with Gasteiger partial charge in [-0.05, 0) is 54.6 Å². The van der Waals surface area contributed by atoms with Crippen molar-refractivity contribution in [3.63, 3.8) is 0 Å². The Hall–Kier alpha value is -7.36. The van der Waals surface area contributed by atoms with Crippen LogP contribution in [0.2, 0.25) is 0 Å². The number of rotatable bonds is 5. The van der Waals surface area contributed by atoms with Crippen molar-refractivity contribution >= 4 is 43.6 Å². The van der Waals surface area contributed by atoms with Crippen LogP contribution in [0, 0.1) is 11.3 Å². The van der Waals surface area contributed by atoms with E-state index in [0.717, 1.165) is 50.0 Å². The van der Waals surface area contributed by atoms with E-state index in [4.69, 9.17) is 15.0 Å². The highest BCUT2D eigenvalue weighted by Gasteiger charge is 2.21. The van der Waals surface area contributed by atoms with Crippen LogP contribution in [-0.4, -0.2) is 24.1 Å². The van der Waals surface area contributed by atoms with Gasteiger partial charge in [0.25, 0.3) is 0 Å². The molecule has 0 atom stereocenters. The van der Waals surface area contributed by atoms with Crippen LogP contribution < -0.4 is 0 Å². The molecular formula is C46H28N6. The zero-order valence-corrected chi connectivity index (χ0v) is 27.8. The molecular weight excluding hydrogens is 637 g/mol. The van der Waals surface area contributed by atoms with Crippen molar-refractivity contribution in [3.05, 3.63) is 175 Å². The van der Waals surface area contributed by atoms with Gasteiger partial charge in [0, 0.05) is 49.6 Å². The summed E-state index contributed by atoms with van der Waals surface area (Å²) in [7, 11) is 0. The molecule has 242 valence electrons. The highest BCUT2D eigenvalue weighted by molar-refractivity contribution is 6.28. The zero-order chi connectivity index (χ0) is 34.6. The molecule has 0 radical (unpaired) electrons. The molecule has 3 aromatic heterocycles. The second-order valence-corrected chi connectivity index (χ2v) is 12.8. The summed E-state index contributed by atoms with van der Waals surface area (Å²) in [6, 6.07) is 60.3. The van der Waals surface area contributed by atoms with E-state index in [1.807, 2.05) is 72.8 Å². The van der Waals surface area contributed by atoms with E-state index in [1.165, 1.54) is 16.2 Å². The van der Waals surface area contributed by atoms with Gasteiger partial charge in [-0.2, -0.15) is 5.26 Å². The van der Waals surface area contributed by atoms with E-state index < -0.39 is 0 Å². The van der Waals surface area contributed by atoms with E-state index in [2.05, 4.69) is 112 Å². The number of benzene rings is 7. The van der Waals surface area contributed by atoms with Crippen LogP contribution in [0.5, 0.6) is 0 Å². The van der Waals surface area contributed by atoms with Gasteiger partial charge < -0.3 is 9.13 Å². The summed E-state index contributed by atoms with van der Waals surface area (Å²) >= 11 is 0. The van der Waals surface area contributed by atoms with Gasteiger partial charge in [0.2, 0.25) is 0 Å². The Bertz CT molecular complexity index is 2950. The maximum absolute atomic E-state index is 10.6. The first kappa shape index (κ1) is 29.5. The fourth-order valence-corrected chi connectivity index (χ4v) is 7.54. The minimum atomic E-state index is 0.452. The summed E-state index contributed by atoms with van der Waals surface area (Å²) in [4.78, 5) is 14.7. The Balaban J connectivity index is 1.20. The van der Waals surface area contributed by atoms with Crippen molar-refractivity contribution < 1.29 is 0 Å². The Labute approximate surface area is 299 Å². The van der Waals surface area contributed by atoms with E-state index >= 15 is 0 Å². The minimum absolute atomic E-state index is 0.452. The predicted octanol–water partition coefficient (Wildman–Crippen LogP) is 10.9. The summed E-state index contributed by atoms with van der Waals surface area (Å²) in [5.41, 5.74) is 9.34. The average molecular weight is 665 g/mol. The molecule has 3 heterocycles. The van der Waals surface area contributed by atoms with Gasteiger partial charge in [0.1, 0.15) is 0 Å². The zero-order valence-electron chi connectivity index (χ0n) is 27.8. The lowest BCUT2D eigenvalue weighted by Gasteiger charge is -2.12. The lowest BCUT2D eigenvalue weighted by atomic mass is 10.1. The number of aromatic nitrogens is 5. The van der Waals surface area contributed by atoms with Crippen molar-refractivity contribution in [1.82, 2.24) is 24.1 Å². The summed E-state index contributed by atoms with van der Waals surface area (Å²) in [6.45, 7) is 0. The largest absolute Gasteiger partial charge is 0.309 e. The number of hydrogen-bond acceptors (Lipinski definition) is 4. The molecule has 6 heteroatoms. The van der Waals surface area contributed by atoms with Crippen LogP contribution in [0.1, 0.15) is 5.56 Å². The molecule has 10 aromatic rings. The smallest absolute Gasteiger partial charge is 0.165 e. The first-order valence-electron chi connectivity index (χ1n) is 17.2. The molecule has 0 unspecified atom stereocenters. The summed E-state index contributed by atoms with van der Waals surface area (Å²) in [5, 5.41) is 15.4. The van der Waals surface area contributed by atoms with Gasteiger partial charge >= 0.3 is 0 Å². The second-order valence-electron chi connectivity index (χ2n) is 12.8. The molecule has 0 aliphatic carbocycles. The molecule has 0 fully saturated rings. The third kappa shape index (κ3) is 4.61. The van der Waals surface area contributed by atoms with Gasteiger partial charge in [-0.25, -0.2) is 15.0 Å². The number of nitriles is 1. The highest BCUT2D eigenvalue weighted by atomic mass is 15.0. The fourth-order valence-electron chi connectivity index (χ4n) is 7.54. The Morgan fingerprint density at radius 2 is 0.865 bits per heavy atom. The third-order valence-corrected chi connectivity index (χ3v) is 9.81. The van der Waals surface area contributed by atoms with Crippen LogP contribution in [0.4, 0.5) is 0 Å². The van der Waals surface area contributed by atoms with Gasteiger partial charge in [-0.3, -0.25) is 0 Å². The quantitative estimate of drug-likeness (QED) is 0.184. The van der Waals surface area contributed by atoms with Crippen LogP contribution in [0.25, 0.3) is 89.2 Å². The number of hydrogen-bond donors (Lipinski definition) is 0. The third-order valence-electron chi connectivity index (χ3n) is 9.81. The second kappa shape index (κ2) is 11.9. The van der Waals surface area contributed by atoms with Crippen molar-refractivity contribution in [3.8, 4) is 51.6 Å². The normalized spacial score (nSPS) is 11.4. The first-order valence-corrected chi connectivity index (χ1v) is 17.2. The molecule has 0 bridgehead atoms. The van der Waals surface area contributed by atoms with Crippen molar-refractivity contribution in [2.45, 2.75) is 0 Å². The van der Waals surface area contributed by atoms with Crippen LogP contribution in [0.15, 0.2) is 170 Å². The van der Waals surface area contributed by atoms with Gasteiger partial charge in [0.05, 0.1) is 33.7 Å². The molecule has 0 saturated heterocycles. The van der Waals surface area contributed by atoms with E-state index in [9.17, 15) is 5.26 Å². The monoisotopic (exact) mass is 664 g/mol. The van der Waals surface area contributed by atoms with Crippen molar-refractivity contribution in [2.75, 3.05) is 0 Å². The standard InChI is InChI=1S/C46H28N6/c47-29-32-28-34(24-25-35(32)46-49-44(30-14-4-1-5-15-30)48-45(50-46)31-16-6-2-7-17-31)52-39-23-13-11-21-37(39)43-41(52)27-26-40-42(43)36-20-10-12-22-38(36)51(40)33-18-8-3-9-19-33/h1-28H.